The van der Waals surface area contributed by atoms with Crippen LogP contribution in [0.2, 0.25) is 0 Å². The Balaban J connectivity index is 1.59. The minimum absolute atomic E-state index is 0.0236. The van der Waals surface area contributed by atoms with Crippen LogP contribution in [-0.2, 0) is 20.9 Å². The Morgan fingerprint density at radius 3 is 2.42 bits per heavy atom. The third-order valence-corrected chi connectivity index (χ3v) is 4.30. The summed E-state index contributed by atoms with van der Waals surface area (Å²) in [6, 6.07) is 19.4. The van der Waals surface area contributed by atoms with Gasteiger partial charge in [-0.25, -0.2) is 0 Å². The lowest BCUT2D eigenvalue weighted by atomic mass is 10.0. The van der Waals surface area contributed by atoms with Gasteiger partial charge in [0.05, 0.1) is 12.6 Å². The van der Waals surface area contributed by atoms with E-state index in [4.69, 9.17) is 21.7 Å². The standard InChI is InChI=1S/C19H19NO3S/c1-14-18(16-10-6-3-7-11-16)23-19(24)20(14)17(21)13-22-12-15-8-4-2-5-9-15/h2-11,14,18H,12-13H2,1H3/t14-,18?/m0/s1. The van der Waals surface area contributed by atoms with Crippen LogP contribution in [0.4, 0.5) is 0 Å². The lowest BCUT2D eigenvalue weighted by Crippen LogP contribution is -2.39. The Kier molecular flexibility index (Phi) is 5.23. The lowest BCUT2D eigenvalue weighted by molar-refractivity contribution is -0.133. The zero-order valence-corrected chi connectivity index (χ0v) is 14.2. The van der Waals surface area contributed by atoms with Crippen molar-refractivity contribution in [2.75, 3.05) is 6.61 Å². The Morgan fingerprint density at radius 1 is 1.12 bits per heavy atom. The number of thiocarbonyl (C=S) groups is 1. The molecule has 2 aromatic carbocycles. The van der Waals surface area contributed by atoms with Gasteiger partial charge in [0, 0.05) is 0 Å². The number of hydrogen-bond donors (Lipinski definition) is 0. The molecule has 0 aromatic heterocycles. The van der Waals surface area contributed by atoms with Gasteiger partial charge in [-0.2, -0.15) is 0 Å². The van der Waals surface area contributed by atoms with E-state index < -0.39 is 0 Å². The van der Waals surface area contributed by atoms with Crippen molar-refractivity contribution >= 4 is 23.3 Å². The van der Waals surface area contributed by atoms with E-state index in [9.17, 15) is 4.79 Å². The maximum absolute atomic E-state index is 12.5. The molecule has 124 valence electrons. The molecule has 24 heavy (non-hydrogen) atoms. The highest BCUT2D eigenvalue weighted by molar-refractivity contribution is 7.80. The van der Waals surface area contributed by atoms with Crippen molar-refractivity contribution in [2.24, 2.45) is 0 Å². The summed E-state index contributed by atoms with van der Waals surface area (Å²) < 4.78 is 11.3. The topological polar surface area (TPSA) is 38.8 Å². The van der Waals surface area contributed by atoms with E-state index in [-0.39, 0.29) is 29.8 Å². The Hall–Kier alpha value is -2.24. The molecule has 1 amide bonds. The molecule has 1 saturated heterocycles. The van der Waals surface area contributed by atoms with Crippen LogP contribution in [0.5, 0.6) is 0 Å². The van der Waals surface area contributed by atoms with E-state index in [1.807, 2.05) is 67.6 Å². The summed E-state index contributed by atoms with van der Waals surface area (Å²) in [6.45, 7) is 2.31. The van der Waals surface area contributed by atoms with Crippen LogP contribution in [0.15, 0.2) is 60.7 Å². The number of carbonyl (C=O) groups is 1. The van der Waals surface area contributed by atoms with Crippen molar-refractivity contribution in [3.05, 3.63) is 71.8 Å². The molecule has 0 saturated carbocycles. The average Bonchev–Trinajstić information content (AvgIpc) is 2.91. The van der Waals surface area contributed by atoms with Gasteiger partial charge in [0.25, 0.3) is 11.1 Å². The molecule has 1 fully saturated rings. The van der Waals surface area contributed by atoms with E-state index in [1.165, 1.54) is 4.90 Å². The largest absolute Gasteiger partial charge is 0.460 e. The van der Waals surface area contributed by atoms with E-state index in [2.05, 4.69) is 0 Å². The molecule has 0 radical (unpaired) electrons. The van der Waals surface area contributed by atoms with Gasteiger partial charge >= 0.3 is 0 Å². The molecule has 2 aromatic rings. The molecule has 4 nitrogen and oxygen atoms in total. The SMILES string of the molecule is C[C@H]1C(c2ccccc2)OC(=S)N1C(=O)COCc1ccccc1. The van der Waals surface area contributed by atoms with Crippen LogP contribution in [0.25, 0.3) is 0 Å². The predicted octanol–water partition coefficient (Wildman–Crippen LogP) is 3.48. The number of carbonyl (C=O) groups excluding carboxylic acids is 1. The Bertz CT molecular complexity index is 705. The van der Waals surface area contributed by atoms with Crippen LogP contribution in [0.3, 0.4) is 0 Å². The van der Waals surface area contributed by atoms with Crippen LogP contribution in [0, 0.1) is 0 Å². The van der Waals surface area contributed by atoms with Gasteiger partial charge in [-0.15, -0.1) is 0 Å². The quantitative estimate of drug-likeness (QED) is 0.781. The summed E-state index contributed by atoms with van der Waals surface area (Å²) >= 11 is 5.24. The van der Waals surface area contributed by atoms with Gasteiger partial charge in [0.1, 0.15) is 12.7 Å². The van der Waals surface area contributed by atoms with Crippen molar-refractivity contribution in [1.82, 2.24) is 4.90 Å². The molecule has 1 heterocycles. The minimum atomic E-state index is -0.239. The van der Waals surface area contributed by atoms with Crippen molar-refractivity contribution in [3.63, 3.8) is 0 Å². The molecule has 0 bridgehead atoms. The molecule has 1 aliphatic rings. The summed E-state index contributed by atoms with van der Waals surface area (Å²) in [6.07, 6.45) is -0.239. The zero-order chi connectivity index (χ0) is 16.9. The smallest absolute Gasteiger partial charge is 0.267 e. The molecular weight excluding hydrogens is 322 g/mol. The molecule has 0 spiro atoms. The second-order valence-electron chi connectivity index (χ2n) is 5.70. The fourth-order valence-corrected chi connectivity index (χ4v) is 3.16. The maximum Gasteiger partial charge on any atom is 0.267 e. The van der Waals surface area contributed by atoms with Crippen molar-refractivity contribution < 1.29 is 14.3 Å². The number of rotatable bonds is 5. The lowest BCUT2D eigenvalue weighted by Gasteiger charge is -2.20. The monoisotopic (exact) mass is 341 g/mol. The molecule has 1 unspecified atom stereocenters. The third-order valence-electron chi connectivity index (χ3n) is 4.00. The van der Waals surface area contributed by atoms with Crippen LogP contribution in [-0.4, -0.2) is 28.6 Å². The molecule has 2 atom stereocenters. The zero-order valence-electron chi connectivity index (χ0n) is 13.4. The number of amides is 1. The Morgan fingerprint density at radius 2 is 1.75 bits per heavy atom. The first kappa shape index (κ1) is 16.6. The highest BCUT2D eigenvalue weighted by Crippen LogP contribution is 2.32. The predicted molar refractivity (Wildman–Crippen MR) is 95.3 cm³/mol. The first-order chi connectivity index (χ1) is 11.7. The number of benzene rings is 2. The van der Waals surface area contributed by atoms with E-state index >= 15 is 0 Å². The van der Waals surface area contributed by atoms with E-state index in [1.54, 1.807) is 0 Å². The third kappa shape index (κ3) is 3.63. The highest BCUT2D eigenvalue weighted by Gasteiger charge is 2.40. The number of ether oxygens (including phenoxy) is 2. The summed E-state index contributed by atoms with van der Waals surface area (Å²) in [7, 11) is 0. The Labute approximate surface area is 147 Å². The van der Waals surface area contributed by atoms with Crippen LogP contribution < -0.4 is 0 Å². The van der Waals surface area contributed by atoms with Gasteiger partial charge in [0.15, 0.2) is 0 Å². The second-order valence-corrected chi connectivity index (χ2v) is 6.05. The van der Waals surface area contributed by atoms with Crippen LogP contribution >= 0.6 is 12.2 Å². The van der Waals surface area contributed by atoms with E-state index in [0.29, 0.717) is 6.61 Å². The summed E-state index contributed by atoms with van der Waals surface area (Å²) in [5, 5.41) is 0.213. The molecule has 1 aliphatic heterocycles. The van der Waals surface area contributed by atoms with Gasteiger partial charge in [-0.05, 0) is 30.3 Å². The van der Waals surface area contributed by atoms with Crippen molar-refractivity contribution in [2.45, 2.75) is 25.7 Å². The first-order valence-corrected chi connectivity index (χ1v) is 8.27. The molecule has 0 N–H and O–H groups in total. The van der Waals surface area contributed by atoms with Gasteiger partial charge in [-0.1, -0.05) is 60.7 Å². The second kappa shape index (κ2) is 7.55. The van der Waals surface area contributed by atoms with Gasteiger partial charge in [-0.3, -0.25) is 9.69 Å². The van der Waals surface area contributed by atoms with Crippen LogP contribution in [0.1, 0.15) is 24.2 Å². The van der Waals surface area contributed by atoms with E-state index in [0.717, 1.165) is 11.1 Å². The fraction of sp³-hybridized carbons (Fsp3) is 0.263. The normalized spacial score (nSPS) is 20.0. The molecule has 5 heteroatoms. The molecular formula is C19H19NO3S. The fourth-order valence-electron chi connectivity index (χ4n) is 2.78. The van der Waals surface area contributed by atoms with Crippen molar-refractivity contribution in [1.29, 1.82) is 0 Å². The summed E-state index contributed by atoms with van der Waals surface area (Å²) in [4.78, 5) is 14.0. The average molecular weight is 341 g/mol. The maximum atomic E-state index is 12.5. The summed E-state index contributed by atoms with van der Waals surface area (Å²) in [5.41, 5.74) is 2.04. The molecule has 3 rings (SSSR count). The minimum Gasteiger partial charge on any atom is -0.460 e. The van der Waals surface area contributed by atoms with Crippen molar-refractivity contribution in [3.8, 4) is 0 Å². The number of nitrogens with zero attached hydrogens (tertiary/aromatic N) is 1. The highest BCUT2D eigenvalue weighted by atomic mass is 32.1. The first-order valence-electron chi connectivity index (χ1n) is 7.86. The van der Waals surface area contributed by atoms with Gasteiger partial charge < -0.3 is 9.47 Å². The van der Waals surface area contributed by atoms with Gasteiger partial charge in [0.2, 0.25) is 0 Å². The summed E-state index contributed by atoms with van der Waals surface area (Å²) in [5.74, 6) is -0.179. The molecule has 0 aliphatic carbocycles. The number of hydrogen-bond acceptors (Lipinski definition) is 4.